The minimum Gasteiger partial charge on any atom is -0.469 e. The van der Waals surface area contributed by atoms with Crippen LogP contribution in [0.1, 0.15) is 78.0 Å². The summed E-state index contributed by atoms with van der Waals surface area (Å²) in [6.07, 6.45) is 1.71. The number of aromatic nitrogens is 1. The molecule has 10 nitrogen and oxygen atoms in total. The van der Waals surface area contributed by atoms with Gasteiger partial charge in [-0.3, -0.25) is 19.2 Å². The van der Waals surface area contributed by atoms with Crippen molar-refractivity contribution in [2.75, 3.05) is 34.9 Å². The van der Waals surface area contributed by atoms with E-state index >= 15 is 0 Å². The highest BCUT2D eigenvalue weighted by Gasteiger charge is 2.43. The molecule has 288 valence electrons. The predicted octanol–water partition coefficient (Wildman–Crippen LogP) is 5.95. The molecule has 1 aromatic heterocycles. The van der Waals surface area contributed by atoms with E-state index in [9.17, 15) is 23.6 Å². The Kier molecular flexibility index (Phi) is 16.9. The van der Waals surface area contributed by atoms with Crippen molar-refractivity contribution in [2.24, 2.45) is 29.6 Å². The maximum Gasteiger partial charge on any atom is 0.309 e. The van der Waals surface area contributed by atoms with Crippen LogP contribution in [-0.2, 0) is 46.2 Å². The molecule has 0 saturated carbocycles. The zero-order chi connectivity index (χ0) is 38.5. The lowest BCUT2D eigenvalue weighted by Gasteiger charge is -2.40. The zero-order valence-corrected chi connectivity index (χ0v) is 32.5. The lowest BCUT2D eigenvalue weighted by Crippen LogP contribution is -2.54. The number of carbonyl (C=O) groups is 4. The van der Waals surface area contributed by atoms with Gasteiger partial charge in [-0.2, -0.15) is 4.39 Å². The number of methoxy groups -OCH3 is 3. The van der Waals surface area contributed by atoms with Crippen LogP contribution in [0.3, 0.4) is 0 Å². The fraction of sp³-hybridized carbons (Fsp3) is 0.634. The number of likely N-dealkylation sites (N-methyl/N-ethyl adjacent to an activating group) is 1. The van der Waals surface area contributed by atoms with Crippen LogP contribution in [0, 0.1) is 35.5 Å². The lowest BCUT2D eigenvalue weighted by atomic mass is 9.85. The molecule has 1 fully saturated rings. The fourth-order valence-corrected chi connectivity index (χ4v) is 7.73. The molecule has 1 aliphatic heterocycles. The number of ether oxygens (including phenoxy) is 3. The van der Waals surface area contributed by atoms with E-state index in [1.165, 1.54) is 13.2 Å². The largest absolute Gasteiger partial charge is 0.469 e. The normalized spacial score (nSPS) is 18.6. The number of ketones is 1. The number of pyridine rings is 1. The maximum absolute atomic E-state index is 14.2. The Bertz CT molecular complexity index is 1460. The van der Waals surface area contributed by atoms with Gasteiger partial charge in [0.2, 0.25) is 17.8 Å². The minimum atomic E-state index is -0.638. The Morgan fingerprint density at radius 1 is 0.942 bits per heavy atom. The quantitative estimate of drug-likeness (QED) is 0.122. The molecule has 0 radical (unpaired) electrons. The van der Waals surface area contributed by atoms with Gasteiger partial charge in [0, 0.05) is 58.2 Å². The first-order valence-corrected chi connectivity index (χ1v) is 18.6. The van der Waals surface area contributed by atoms with Crippen molar-refractivity contribution >= 4 is 23.6 Å². The molecule has 11 heteroatoms. The van der Waals surface area contributed by atoms with Gasteiger partial charge in [-0.25, -0.2) is 4.98 Å². The number of carbonyl (C=O) groups excluding carboxylic acids is 4. The Morgan fingerprint density at radius 3 is 2.21 bits per heavy atom. The average Bonchev–Trinajstić information content (AvgIpc) is 3.62. The van der Waals surface area contributed by atoms with Crippen LogP contribution in [0.2, 0.25) is 0 Å². The van der Waals surface area contributed by atoms with E-state index in [2.05, 4.69) is 11.9 Å². The van der Waals surface area contributed by atoms with Gasteiger partial charge in [0.15, 0.2) is 0 Å². The van der Waals surface area contributed by atoms with Crippen molar-refractivity contribution in [3.05, 3.63) is 65.7 Å². The van der Waals surface area contributed by atoms with Gasteiger partial charge in [-0.1, -0.05) is 77.4 Å². The predicted molar refractivity (Wildman–Crippen MR) is 198 cm³/mol. The molecule has 2 heterocycles. The van der Waals surface area contributed by atoms with Gasteiger partial charge < -0.3 is 24.0 Å². The number of hydrogen-bond acceptors (Lipinski definition) is 8. The van der Waals surface area contributed by atoms with Gasteiger partial charge in [-0.15, -0.1) is 0 Å². The third-order valence-electron chi connectivity index (χ3n) is 11.0. The molecule has 2 aromatic rings. The standard InChI is InChI=1S/C41H60FN3O7/c1-10-27(4)38(44(6)40(48)32(26(2)3)24-31-18-14-20-36(42)43-31)35(50-7)25-37(47)45-21-15-19-33(45)39(51-8)28(5)34(46)23-30(41(49)52-9)22-29-16-12-11-13-17-29/h11-14,16-18,20,26-28,30,32-33,35,38-39H,10,15,19,21-25H2,1-9H3/t27-,28-,30+,32-,33-,35+,38-,39+/m0/s1. The van der Waals surface area contributed by atoms with Gasteiger partial charge in [0.1, 0.15) is 5.78 Å². The number of Topliss-reactive ketones (excluding diaryl/α,β-unsaturated/α-hetero) is 1. The molecular weight excluding hydrogens is 665 g/mol. The number of rotatable bonds is 20. The minimum absolute atomic E-state index is 0.00138. The second kappa shape index (κ2) is 20.5. The summed E-state index contributed by atoms with van der Waals surface area (Å²) in [6.45, 7) is 10.3. The van der Waals surface area contributed by atoms with Gasteiger partial charge in [0.25, 0.3) is 0 Å². The second-order valence-corrected chi connectivity index (χ2v) is 14.7. The van der Waals surface area contributed by atoms with E-state index < -0.39 is 47.9 Å². The monoisotopic (exact) mass is 725 g/mol. The first kappa shape index (κ1) is 42.7. The van der Waals surface area contributed by atoms with Crippen LogP contribution in [0.5, 0.6) is 0 Å². The van der Waals surface area contributed by atoms with Crippen LogP contribution in [0.15, 0.2) is 48.5 Å². The molecule has 1 saturated heterocycles. The summed E-state index contributed by atoms with van der Waals surface area (Å²) in [5.74, 6) is -3.09. The smallest absolute Gasteiger partial charge is 0.309 e. The molecule has 3 rings (SSSR count). The summed E-state index contributed by atoms with van der Waals surface area (Å²) < 4.78 is 30.9. The van der Waals surface area contributed by atoms with Gasteiger partial charge >= 0.3 is 5.97 Å². The summed E-state index contributed by atoms with van der Waals surface area (Å²) in [6, 6.07) is 13.4. The van der Waals surface area contributed by atoms with Crippen molar-refractivity contribution < 1.29 is 37.8 Å². The number of likely N-dealkylation sites (tertiary alicyclic amines) is 1. The fourth-order valence-electron chi connectivity index (χ4n) is 7.73. The van der Waals surface area contributed by atoms with Crippen molar-refractivity contribution in [3.63, 3.8) is 0 Å². The van der Waals surface area contributed by atoms with E-state index in [1.807, 2.05) is 51.1 Å². The molecule has 1 aliphatic rings. The average molecular weight is 726 g/mol. The van der Waals surface area contributed by atoms with Crippen molar-refractivity contribution in [3.8, 4) is 0 Å². The molecule has 52 heavy (non-hydrogen) atoms. The highest BCUT2D eigenvalue weighted by atomic mass is 19.1. The summed E-state index contributed by atoms with van der Waals surface area (Å²) >= 11 is 0. The molecule has 8 atom stereocenters. The maximum atomic E-state index is 14.2. The van der Waals surface area contributed by atoms with Crippen molar-refractivity contribution in [1.29, 1.82) is 0 Å². The topological polar surface area (TPSA) is 115 Å². The number of hydrogen-bond donors (Lipinski definition) is 0. The molecule has 0 N–H and O–H groups in total. The Morgan fingerprint density at radius 2 is 1.63 bits per heavy atom. The Balaban J connectivity index is 1.78. The summed E-state index contributed by atoms with van der Waals surface area (Å²) in [4.78, 5) is 62.2. The molecule has 0 spiro atoms. The van der Waals surface area contributed by atoms with Crippen LogP contribution in [-0.4, -0.2) is 97.6 Å². The van der Waals surface area contributed by atoms with Gasteiger partial charge in [0.05, 0.1) is 43.7 Å². The van der Waals surface area contributed by atoms with Crippen LogP contribution >= 0.6 is 0 Å². The third-order valence-corrected chi connectivity index (χ3v) is 11.0. The highest BCUT2D eigenvalue weighted by Crippen LogP contribution is 2.31. The van der Waals surface area contributed by atoms with E-state index in [0.29, 0.717) is 31.5 Å². The second-order valence-electron chi connectivity index (χ2n) is 14.7. The van der Waals surface area contributed by atoms with E-state index in [-0.39, 0.29) is 48.3 Å². The number of nitrogens with zero attached hydrogens (tertiary/aromatic N) is 3. The highest BCUT2D eigenvalue weighted by molar-refractivity contribution is 5.86. The zero-order valence-electron chi connectivity index (χ0n) is 32.5. The van der Waals surface area contributed by atoms with Gasteiger partial charge in [-0.05, 0) is 48.8 Å². The number of amides is 2. The first-order valence-electron chi connectivity index (χ1n) is 18.6. The van der Waals surface area contributed by atoms with E-state index in [0.717, 1.165) is 18.4 Å². The lowest BCUT2D eigenvalue weighted by molar-refractivity contribution is -0.149. The Labute approximate surface area is 309 Å². The molecule has 0 unspecified atom stereocenters. The SMILES string of the molecule is CC[C@H](C)[C@@H]([C@@H](CC(=O)N1CCC[C@H]1[C@H](OC)[C@@H](C)C(=O)C[C@@H](Cc1ccccc1)C(=O)OC)OC)N(C)C(=O)[C@@H](Cc1cccc(F)n1)C(C)C. The summed E-state index contributed by atoms with van der Waals surface area (Å²) in [5, 5.41) is 0. The first-order chi connectivity index (χ1) is 24.8. The molecular formula is C41H60FN3O7. The van der Waals surface area contributed by atoms with E-state index in [1.54, 1.807) is 50.1 Å². The number of esters is 1. The summed E-state index contributed by atoms with van der Waals surface area (Å²) in [7, 11) is 6.21. The molecule has 0 bridgehead atoms. The molecule has 2 amide bonds. The van der Waals surface area contributed by atoms with E-state index in [4.69, 9.17) is 14.2 Å². The van der Waals surface area contributed by atoms with Crippen LogP contribution < -0.4 is 0 Å². The third kappa shape index (κ3) is 11.2. The van der Waals surface area contributed by atoms with Crippen molar-refractivity contribution in [2.45, 2.75) is 104 Å². The molecule has 0 aliphatic carbocycles. The van der Waals surface area contributed by atoms with Crippen molar-refractivity contribution in [1.82, 2.24) is 14.8 Å². The number of halogens is 1. The Hall–Kier alpha value is -3.70. The summed E-state index contributed by atoms with van der Waals surface area (Å²) in [5.41, 5.74) is 1.45. The van der Waals surface area contributed by atoms with Crippen LogP contribution in [0.4, 0.5) is 4.39 Å². The number of benzene rings is 1. The van der Waals surface area contributed by atoms with Crippen LogP contribution in [0.25, 0.3) is 0 Å². The molecule has 1 aromatic carbocycles.